The molecule has 2 N–H and O–H groups in total. The van der Waals surface area contributed by atoms with Gasteiger partial charge in [0.05, 0.1) is 0 Å². The third kappa shape index (κ3) is 1.93. The lowest BCUT2D eigenvalue weighted by molar-refractivity contribution is 0.341. The summed E-state index contributed by atoms with van der Waals surface area (Å²) >= 11 is 0. The molecule has 0 amide bonds. The van der Waals surface area contributed by atoms with Crippen LogP contribution in [0.1, 0.15) is 27.7 Å². The Morgan fingerprint density at radius 1 is 1.20 bits per heavy atom. The van der Waals surface area contributed by atoms with Gasteiger partial charge in [-0.05, 0) is 11.8 Å². The van der Waals surface area contributed by atoms with E-state index in [1.807, 2.05) is 0 Å². The molecule has 0 heterocycles. The Balaban J connectivity index is 4.23. The molecule has 62 valence electrons. The molecule has 10 heavy (non-hydrogen) atoms. The Hall–Kier alpha value is 0.390. The first-order chi connectivity index (χ1) is 4.45. The van der Waals surface area contributed by atoms with Gasteiger partial charge in [0.25, 0.3) is 0 Å². The molecule has 1 nitrogen and oxygen atoms in total. The highest BCUT2D eigenvalue weighted by Crippen LogP contribution is 2.34. The van der Waals surface area contributed by atoms with Crippen LogP contribution in [0.25, 0.3) is 0 Å². The Morgan fingerprint density at radius 3 is 1.50 bits per heavy atom. The summed E-state index contributed by atoms with van der Waals surface area (Å²) in [6.07, 6.45) is 0. The fraction of sp³-hybridized carbons (Fsp3) is 1.00. The average Bonchev–Trinajstić information content (AvgIpc) is 1.85. The standard InChI is InChI=1S/C8H20NP/c1-6(2)8(10,5-9)7(3)4/h6-7H,5,9-10H2,1-4H3. The molecule has 0 fully saturated rings. The first-order valence-corrected chi connectivity index (χ1v) is 4.51. The van der Waals surface area contributed by atoms with Crippen molar-refractivity contribution in [1.29, 1.82) is 0 Å². The zero-order chi connectivity index (χ0) is 8.36. The molecule has 0 aromatic heterocycles. The minimum atomic E-state index is 0.236. The van der Waals surface area contributed by atoms with E-state index in [9.17, 15) is 0 Å². The maximum Gasteiger partial charge on any atom is 0.00189 e. The van der Waals surface area contributed by atoms with Crippen molar-refractivity contribution in [3.05, 3.63) is 0 Å². The first kappa shape index (κ1) is 10.4. The van der Waals surface area contributed by atoms with E-state index in [-0.39, 0.29) is 5.16 Å². The molecule has 0 saturated heterocycles. The lowest BCUT2D eigenvalue weighted by Gasteiger charge is -2.36. The Kier molecular flexibility index (Phi) is 3.83. The van der Waals surface area contributed by atoms with Crippen LogP contribution >= 0.6 is 9.24 Å². The van der Waals surface area contributed by atoms with Crippen LogP contribution in [0.15, 0.2) is 0 Å². The van der Waals surface area contributed by atoms with Gasteiger partial charge in [0.15, 0.2) is 0 Å². The number of hydrogen-bond donors (Lipinski definition) is 1. The van der Waals surface area contributed by atoms with Crippen molar-refractivity contribution in [1.82, 2.24) is 0 Å². The summed E-state index contributed by atoms with van der Waals surface area (Å²) < 4.78 is 0. The molecule has 0 aliphatic rings. The summed E-state index contributed by atoms with van der Waals surface area (Å²) in [6, 6.07) is 0. The second-order valence-corrected chi connectivity index (χ2v) is 4.70. The molecular formula is C8H20NP. The first-order valence-electron chi connectivity index (χ1n) is 3.94. The summed E-state index contributed by atoms with van der Waals surface area (Å²) in [5, 5.41) is 0.236. The summed E-state index contributed by atoms with van der Waals surface area (Å²) in [5.74, 6) is 1.28. The van der Waals surface area contributed by atoms with E-state index in [1.165, 1.54) is 0 Å². The van der Waals surface area contributed by atoms with Crippen molar-refractivity contribution in [3.8, 4) is 0 Å². The van der Waals surface area contributed by atoms with Crippen LogP contribution in [-0.2, 0) is 0 Å². The highest BCUT2D eigenvalue weighted by atomic mass is 31.0. The minimum absolute atomic E-state index is 0.236. The lowest BCUT2D eigenvalue weighted by Crippen LogP contribution is -2.41. The molecule has 0 aliphatic heterocycles. The van der Waals surface area contributed by atoms with Gasteiger partial charge in [-0.1, -0.05) is 27.7 Å². The van der Waals surface area contributed by atoms with Crippen LogP contribution in [-0.4, -0.2) is 11.7 Å². The molecule has 0 spiro atoms. The van der Waals surface area contributed by atoms with Gasteiger partial charge in [0.2, 0.25) is 0 Å². The van der Waals surface area contributed by atoms with Crippen molar-refractivity contribution in [2.75, 3.05) is 6.54 Å². The van der Waals surface area contributed by atoms with Crippen LogP contribution in [0.3, 0.4) is 0 Å². The Morgan fingerprint density at radius 2 is 1.50 bits per heavy atom. The summed E-state index contributed by atoms with van der Waals surface area (Å²) in [4.78, 5) is 0. The van der Waals surface area contributed by atoms with Gasteiger partial charge in [-0.25, -0.2) is 0 Å². The van der Waals surface area contributed by atoms with Gasteiger partial charge in [-0.2, -0.15) is 0 Å². The molecule has 0 aromatic carbocycles. The van der Waals surface area contributed by atoms with E-state index in [2.05, 4.69) is 36.9 Å². The molecule has 1 atom stereocenters. The molecule has 0 saturated carbocycles. The monoisotopic (exact) mass is 161 g/mol. The highest BCUT2D eigenvalue weighted by Gasteiger charge is 2.30. The van der Waals surface area contributed by atoms with E-state index in [4.69, 9.17) is 5.73 Å². The van der Waals surface area contributed by atoms with Crippen molar-refractivity contribution in [3.63, 3.8) is 0 Å². The number of rotatable bonds is 3. The van der Waals surface area contributed by atoms with Crippen LogP contribution in [0, 0.1) is 11.8 Å². The van der Waals surface area contributed by atoms with Gasteiger partial charge >= 0.3 is 0 Å². The minimum Gasteiger partial charge on any atom is -0.330 e. The van der Waals surface area contributed by atoms with E-state index in [0.717, 1.165) is 6.54 Å². The molecule has 0 rings (SSSR count). The Bertz CT molecular complexity index is 91.4. The topological polar surface area (TPSA) is 26.0 Å². The van der Waals surface area contributed by atoms with Gasteiger partial charge in [-0.15, -0.1) is 9.24 Å². The van der Waals surface area contributed by atoms with Gasteiger partial charge < -0.3 is 5.73 Å². The predicted octanol–water partition coefficient (Wildman–Crippen LogP) is 1.87. The quantitative estimate of drug-likeness (QED) is 0.628. The fourth-order valence-corrected chi connectivity index (χ4v) is 1.14. The zero-order valence-corrected chi connectivity index (χ0v) is 8.67. The molecular weight excluding hydrogens is 141 g/mol. The smallest absolute Gasteiger partial charge is 0.00189 e. The maximum absolute atomic E-state index is 5.69. The van der Waals surface area contributed by atoms with Crippen LogP contribution in [0.5, 0.6) is 0 Å². The van der Waals surface area contributed by atoms with Crippen LogP contribution < -0.4 is 5.73 Å². The van der Waals surface area contributed by atoms with Crippen molar-refractivity contribution in [2.24, 2.45) is 17.6 Å². The highest BCUT2D eigenvalue weighted by molar-refractivity contribution is 7.19. The number of nitrogens with two attached hydrogens (primary N) is 1. The largest absolute Gasteiger partial charge is 0.330 e. The van der Waals surface area contributed by atoms with Crippen molar-refractivity contribution in [2.45, 2.75) is 32.9 Å². The fourth-order valence-electron chi connectivity index (χ4n) is 1.14. The van der Waals surface area contributed by atoms with E-state index < -0.39 is 0 Å². The molecule has 0 radical (unpaired) electrons. The lowest BCUT2D eigenvalue weighted by atomic mass is 9.84. The molecule has 0 aliphatic carbocycles. The molecule has 0 aromatic rings. The van der Waals surface area contributed by atoms with E-state index >= 15 is 0 Å². The molecule has 1 unspecified atom stereocenters. The molecule has 2 heteroatoms. The summed E-state index contributed by atoms with van der Waals surface area (Å²) in [7, 11) is 2.90. The number of hydrogen-bond acceptors (Lipinski definition) is 1. The third-order valence-corrected chi connectivity index (χ3v) is 4.07. The van der Waals surface area contributed by atoms with Gasteiger partial charge in [-0.3, -0.25) is 0 Å². The van der Waals surface area contributed by atoms with Gasteiger partial charge in [0.1, 0.15) is 0 Å². The average molecular weight is 161 g/mol. The summed E-state index contributed by atoms with van der Waals surface area (Å²) in [5.41, 5.74) is 5.69. The molecule has 0 bridgehead atoms. The summed E-state index contributed by atoms with van der Waals surface area (Å²) in [6.45, 7) is 9.65. The predicted molar refractivity (Wildman–Crippen MR) is 51.2 cm³/mol. The SMILES string of the molecule is CC(C)C(P)(CN)C(C)C. The Labute approximate surface area is 67.0 Å². The van der Waals surface area contributed by atoms with Crippen LogP contribution in [0.4, 0.5) is 0 Å². The zero-order valence-electron chi connectivity index (χ0n) is 7.52. The maximum atomic E-state index is 5.69. The van der Waals surface area contributed by atoms with Crippen LogP contribution in [0.2, 0.25) is 0 Å². The van der Waals surface area contributed by atoms with Crippen molar-refractivity contribution >= 4 is 9.24 Å². The third-order valence-electron chi connectivity index (χ3n) is 2.50. The van der Waals surface area contributed by atoms with E-state index in [1.54, 1.807) is 0 Å². The van der Waals surface area contributed by atoms with E-state index in [0.29, 0.717) is 11.8 Å². The second kappa shape index (κ2) is 3.69. The normalized spacial score (nSPS) is 13.2. The van der Waals surface area contributed by atoms with Gasteiger partial charge in [0, 0.05) is 11.7 Å². The second-order valence-electron chi connectivity index (χ2n) is 3.63. The van der Waals surface area contributed by atoms with Crippen molar-refractivity contribution < 1.29 is 0 Å².